The summed E-state index contributed by atoms with van der Waals surface area (Å²) in [7, 11) is 0. The molecule has 1 aromatic heterocycles. The number of ether oxygens (including phenoxy) is 1. The number of pyridine rings is 1. The largest absolute Gasteiger partial charge is 0.501 e. The van der Waals surface area contributed by atoms with Crippen LogP contribution < -0.4 is 0 Å². The van der Waals surface area contributed by atoms with Crippen LogP contribution in [-0.4, -0.2) is 11.6 Å². The fourth-order valence-corrected chi connectivity index (χ4v) is 0.991. The molecule has 0 saturated carbocycles. The number of hydrogen-bond donors (Lipinski definition) is 0. The number of aromatic nitrogens is 1. The predicted octanol–water partition coefficient (Wildman–Crippen LogP) is 3.18. The molecule has 1 rings (SSSR count). The number of unbranched alkanes of at least 4 members (excludes halogenated alkanes) is 1. The van der Waals surface area contributed by atoms with Crippen molar-refractivity contribution >= 4 is 6.08 Å². The van der Waals surface area contributed by atoms with Crippen LogP contribution in [0.15, 0.2) is 24.6 Å². The molecule has 1 aromatic rings. The van der Waals surface area contributed by atoms with E-state index < -0.39 is 0 Å². The van der Waals surface area contributed by atoms with Crippen molar-refractivity contribution in [2.75, 3.05) is 6.61 Å². The minimum atomic E-state index is 0.791. The molecular formula is C12H17NO. The molecule has 0 aliphatic carbocycles. The van der Waals surface area contributed by atoms with Gasteiger partial charge in [0.05, 0.1) is 18.6 Å². The first kappa shape index (κ1) is 10.8. The highest BCUT2D eigenvalue weighted by atomic mass is 16.5. The van der Waals surface area contributed by atoms with E-state index in [9.17, 15) is 0 Å². The maximum Gasteiger partial charge on any atom is 0.0873 e. The summed E-state index contributed by atoms with van der Waals surface area (Å²) in [5.41, 5.74) is 2.11. The molecule has 2 nitrogen and oxygen atoms in total. The molecule has 0 aliphatic rings. The van der Waals surface area contributed by atoms with Gasteiger partial charge in [-0.15, -0.1) is 0 Å². The Morgan fingerprint density at radius 2 is 2.29 bits per heavy atom. The summed E-state index contributed by atoms with van der Waals surface area (Å²) in [5.74, 6) is 0. The lowest BCUT2D eigenvalue weighted by Crippen LogP contribution is -1.86. The molecule has 0 spiro atoms. The van der Waals surface area contributed by atoms with Crippen molar-refractivity contribution in [1.29, 1.82) is 0 Å². The number of rotatable bonds is 5. The van der Waals surface area contributed by atoms with Crippen LogP contribution in [0.4, 0.5) is 0 Å². The first-order valence-corrected chi connectivity index (χ1v) is 5.03. The van der Waals surface area contributed by atoms with Gasteiger partial charge in [0.2, 0.25) is 0 Å². The molecular weight excluding hydrogens is 174 g/mol. The van der Waals surface area contributed by atoms with Gasteiger partial charge in [-0.25, -0.2) is 0 Å². The van der Waals surface area contributed by atoms with Gasteiger partial charge in [-0.05, 0) is 31.1 Å². The fraction of sp³-hybridized carbons (Fsp3) is 0.417. The van der Waals surface area contributed by atoms with Crippen LogP contribution in [0.25, 0.3) is 6.08 Å². The molecule has 0 bridgehead atoms. The predicted molar refractivity (Wildman–Crippen MR) is 58.9 cm³/mol. The van der Waals surface area contributed by atoms with E-state index in [1.54, 1.807) is 6.26 Å². The van der Waals surface area contributed by atoms with Gasteiger partial charge in [0.1, 0.15) is 0 Å². The van der Waals surface area contributed by atoms with Crippen LogP contribution in [-0.2, 0) is 4.74 Å². The third kappa shape index (κ3) is 4.08. The molecule has 0 aromatic carbocycles. The van der Waals surface area contributed by atoms with Crippen molar-refractivity contribution in [2.45, 2.75) is 26.7 Å². The summed E-state index contributed by atoms with van der Waals surface area (Å²) in [6.45, 7) is 4.96. The second-order valence-corrected chi connectivity index (χ2v) is 3.29. The van der Waals surface area contributed by atoms with E-state index >= 15 is 0 Å². The minimum absolute atomic E-state index is 0.791. The van der Waals surface area contributed by atoms with Crippen molar-refractivity contribution in [3.63, 3.8) is 0 Å². The topological polar surface area (TPSA) is 22.1 Å². The molecule has 76 valence electrons. The molecule has 0 fully saturated rings. The van der Waals surface area contributed by atoms with Crippen molar-refractivity contribution in [2.24, 2.45) is 0 Å². The van der Waals surface area contributed by atoms with Crippen LogP contribution in [0.1, 0.15) is 31.0 Å². The van der Waals surface area contributed by atoms with Crippen LogP contribution >= 0.6 is 0 Å². The molecule has 0 unspecified atom stereocenters. The van der Waals surface area contributed by atoms with Crippen LogP contribution in [0.5, 0.6) is 0 Å². The SMILES string of the molecule is CCCCO/C=C\c1ccc(C)cn1. The van der Waals surface area contributed by atoms with E-state index in [-0.39, 0.29) is 0 Å². The molecule has 2 heteroatoms. The second kappa shape index (κ2) is 6.19. The third-order valence-corrected chi connectivity index (χ3v) is 1.89. The highest BCUT2D eigenvalue weighted by molar-refractivity contribution is 5.42. The summed E-state index contributed by atoms with van der Waals surface area (Å²) >= 11 is 0. The average molecular weight is 191 g/mol. The van der Waals surface area contributed by atoms with E-state index in [0.717, 1.165) is 25.1 Å². The molecule has 0 N–H and O–H groups in total. The quantitative estimate of drug-likeness (QED) is 0.526. The second-order valence-electron chi connectivity index (χ2n) is 3.29. The zero-order valence-electron chi connectivity index (χ0n) is 8.86. The number of hydrogen-bond acceptors (Lipinski definition) is 2. The zero-order valence-corrected chi connectivity index (χ0v) is 8.86. The van der Waals surface area contributed by atoms with Gasteiger partial charge in [0.15, 0.2) is 0 Å². The smallest absolute Gasteiger partial charge is 0.0873 e. The standard InChI is InChI=1S/C12H17NO/c1-3-4-8-14-9-7-12-6-5-11(2)10-13-12/h5-7,9-10H,3-4,8H2,1-2H3/b9-7-. The summed E-state index contributed by atoms with van der Waals surface area (Å²) < 4.78 is 5.29. The van der Waals surface area contributed by atoms with Crippen molar-refractivity contribution in [1.82, 2.24) is 4.98 Å². The van der Waals surface area contributed by atoms with E-state index in [4.69, 9.17) is 4.74 Å². The van der Waals surface area contributed by atoms with Crippen LogP contribution in [0.3, 0.4) is 0 Å². The highest BCUT2D eigenvalue weighted by Crippen LogP contribution is 2.00. The molecule has 0 aliphatic heterocycles. The zero-order chi connectivity index (χ0) is 10.2. The number of nitrogens with zero attached hydrogens (tertiary/aromatic N) is 1. The van der Waals surface area contributed by atoms with E-state index in [1.807, 2.05) is 31.3 Å². The summed E-state index contributed by atoms with van der Waals surface area (Å²) in [4.78, 5) is 4.23. The Morgan fingerprint density at radius 1 is 1.43 bits per heavy atom. The number of aryl methyl sites for hydroxylation is 1. The van der Waals surface area contributed by atoms with Crippen molar-refractivity contribution in [3.05, 3.63) is 35.8 Å². The van der Waals surface area contributed by atoms with E-state index in [0.29, 0.717) is 0 Å². The van der Waals surface area contributed by atoms with Gasteiger partial charge >= 0.3 is 0 Å². The summed E-state index contributed by atoms with van der Waals surface area (Å²) in [6.07, 6.45) is 7.72. The molecule has 0 radical (unpaired) electrons. The van der Waals surface area contributed by atoms with Gasteiger partial charge < -0.3 is 4.74 Å². The minimum Gasteiger partial charge on any atom is -0.501 e. The first-order valence-electron chi connectivity index (χ1n) is 5.03. The summed E-state index contributed by atoms with van der Waals surface area (Å²) in [6, 6.07) is 4.02. The Bertz CT molecular complexity index is 277. The van der Waals surface area contributed by atoms with Crippen molar-refractivity contribution < 1.29 is 4.74 Å². The Kier molecular flexibility index (Phi) is 4.76. The molecule has 1 heterocycles. The maximum atomic E-state index is 5.29. The van der Waals surface area contributed by atoms with E-state index in [2.05, 4.69) is 11.9 Å². The van der Waals surface area contributed by atoms with Gasteiger partial charge in [-0.1, -0.05) is 19.4 Å². The summed E-state index contributed by atoms with van der Waals surface area (Å²) in [5, 5.41) is 0. The monoisotopic (exact) mass is 191 g/mol. The maximum absolute atomic E-state index is 5.29. The van der Waals surface area contributed by atoms with Crippen molar-refractivity contribution in [3.8, 4) is 0 Å². The molecule has 0 saturated heterocycles. The highest BCUT2D eigenvalue weighted by Gasteiger charge is 1.87. The third-order valence-electron chi connectivity index (χ3n) is 1.89. The molecule has 0 atom stereocenters. The Labute approximate surface area is 85.6 Å². The molecule has 14 heavy (non-hydrogen) atoms. The van der Waals surface area contributed by atoms with Crippen LogP contribution in [0.2, 0.25) is 0 Å². The van der Waals surface area contributed by atoms with Gasteiger partial charge in [-0.3, -0.25) is 4.98 Å². The lowest BCUT2D eigenvalue weighted by Gasteiger charge is -1.97. The Morgan fingerprint density at radius 3 is 2.93 bits per heavy atom. The lowest BCUT2D eigenvalue weighted by molar-refractivity contribution is 0.246. The molecule has 0 amide bonds. The Balaban J connectivity index is 2.33. The fourth-order valence-electron chi connectivity index (χ4n) is 0.991. The van der Waals surface area contributed by atoms with Gasteiger partial charge in [0, 0.05) is 6.20 Å². The van der Waals surface area contributed by atoms with Gasteiger partial charge in [-0.2, -0.15) is 0 Å². The van der Waals surface area contributed by atoms with Crippen LogP contribution in [0, 0.1) is 6.92 Å². The average Bonchev–Trinajstić information content (AvgIpc) is 2.21. The van der Waals surface area contributed by atoms with E-state index in [1.165, 1.54) is 5.56 Å². The van der Waals surface area contributed by atoms with Gasteiger partial charge in [0.25, 0.3) is 0 Å². The first-order chi connectivity index (χ1) is 6.83. The lowest BCUT2D eigenvalue weighted by atomic mass is 10.3. The Hall–Kier alpha value is -1.31. The normalized spacial score (nSPS) is 10.7.